The normalized spacial score (nSPS) is 16.0. The zero-order valence-electron chi connectivity index (χ0n) is 23.0. The lowest BCUT2D eigenvalue weighted by atomic mass is 10.1. The van der Waals surface area contributed by atoms with E-state index in [0.717, 1.165) is 41.1 Å². The summed E-state index contributed by atoms with van der Waals surface area (Å²) in [6.07, 6.45) is 4.42. The first-order valence-electron chi connectivity index (χ1n) is 13.8. The molecule has 0 bridgehead atoms. The number of aryl methyl sites for hydroxylation is 1. The van der Waals surface area contributed by atoms with Gasteiger partial charge < -0.3 is 19.7 Å². The van der Waals surface area contributed by atoms with E-state index in [4.69, 9.17) is 9.47 Å². The van der Waals surface area contributed by atoms with E-state index < -0.39 is 28.5 Å². The Morgan fingerprint density at radius 2 is 1.72 bits per heavy atom. The van der Waals surface area contributed by atoms with Crippen molar-refractivity contribution in [3.63, 3.8) is 0 Å². The fraction of sp³-hybridized carbons (Fsp3) is 0.517. The molecule has 10 heteroatoms. The summed E-state index contributed by atoms with van der Waals surface area (Å²) in [5, 5.41) is 3.13. The van der Waals surface area contributed by atoms with Crippen LogP contribution < -0.4 is 19.1 Å². The Labute approximate surface area is 231 Å². The maximum Gasteiger partial charge on any atom is 0.244 e. The highest BCUT2D eigenvalue weighted by molar-refractivity contribution is 7.92. The van der Waals surface area contributed by atoms with Crippen LogP contribution in [0.25, 0.3) is 0 Å². The third-order valence-corrected chi connectivity index (χ3v) is 9.22. The van der Waals surface area contributed by atoms with E-state index in [1.54, 1.807) is 25.1 Å². The van der Waals surface area contributed by atoms with E-state index in [-0.39, 0.29) is 24.2 Å². The van der Waals surface area contributed by atoms with Crippen LogP contribution in [0.5, 0.6) is 11.5 Å². The van der Waals surface area contributed by atoms with E-state index >= 15 is 0 Å². The first kappa shape index (κ1) is 28.7. The number of amides is 2. The monoisotopic (exact) mass is 557 g/mol. The van der Waals surface area contributed by atoms with Gasteiger partial charge in [-0.2, -0.15) is 0 Å². The molecule has 9 nitrogen and oxygen atoms in total. The number of rotatable bonds is 11. The van der Waals surface area contributed by atoms with Gasteiger partial charge in [0.2, 0.25) is 21.8 Å². The summed E-state index contributed by atoms with van der Waals surface area (Å²) in [5.41, 5.74) is 2.21. The Bertz CT molecular complexity index is 1280. The predicted molar refractivity (Wildman–Crippen MR) is 150 cm³/mol. The Morgan fingerprint density at radius 1 is 1.03 bits per heavy atom. The second-order valence-electron chi connectivity index (χ2n) is 10.1. The highest BCUT2D eigenvalue weighted by Gasteiger charge is 2.34. The average molecular weight is 558 g/mol. The van der Waals surface area contributed by atoms with E-state index in [1.165, 1.54) is 4.90 Å². The van der Waals surface area contributed by atoms with Crippen molar-refractivity contribution in [2.24, 2.45) is 0 Å². The number of sulfonamides is 1. The molecule has 2 amide bonds. The number of anilines is 1. The summed E-state index contributed by atoms with van der Waals surface area (Å²) in [4.78, 5) is 29.0. The maximum atomic E-state index is 14.0. The SMILES string of the molecule is CCC(C(=O)NC1CCCC1)N(Cc1ccccc1C)C(=O)CN(c1ccc2c(c1)OCCO2)S(=O)(=O)CC. The number of ether oxygens (including phenoxy) is 2. The van der Waals surface area contributed by atoms with Crippen molar-refractivity contribution >= 4 is 27.5 Å². The summed E-state index contributed by atoms with van der Waals surface area (Å²) in [7, 11) is -3.83. The third kappa shape index (κ3) is 6.84. The van der Waals surface area contributed by atoms with Crippen molar-refractivity contribution in [2.45, 2.75) is 71.5 Å². The molecule has 0 saturated heterocycles. The molecule has 212 valence electrons. The Balaban J connectivity index is 1.66. The number of carbonyl (C=O) groups excluding carboxylic acids is 2. The van der Waals surface area contributed by atoms with Gasteiger partial charge in [-0.15, -0.1) is 0 Å². The fourth-order valence-corrected chi connectivity index (χ4v) is 6.22. The van der Waals surface area contributed by atoms with Gasteiger partial charge in [0, 0.05) is 18.7 Å². The molecule has 0 aromatic heterocycles. The minimum absolute atomic E-state index is 0.108. The Kier molecular flexibility index (Phi) is 9.37. The van der Waals surface area contributed by atoms with Crippen molar-refractivity contribution in [1.82, 2.24) is 10.2 Å². The summed E-state index contributed by atoms with van der Waals surface area (Å²) in [5.74, 6) is 0.128. The molecule has 1 fully saturated rings. The number of hydrogen-bond acceptors (Lipinski definition) is 6. The smallest absolute Gasteiger partial charge is 0.244 e. The summed E-state index contributed by atoms with van der Waals surface area (Å²) >= 11 is 0. The minimum Gasteiger partial charge on any atom is -0.486 e. The van der Waals surface area contributed by atoms with Crippen LogP contribution in [0, 0.1) is 6.92 Å². The van der Waals surface area contributed by atoms with Gasteiger partial charge in [-0.1, -0.05) is 44.0 Å². The molecule has 2 aromatic carbocycles. The number of carbonyl (C=O) groups is 2. The van der Waals surface area contributed by atoms with Crippen molar-refractivity contribution in [3.8, 4) is 11.5 Å². The van der Waals surface area contributed by atoms with Crippen molar-refractivity contribution in [1.29, 1.82) is 0 Å². The average Bonchev–Trinajstić information content (AvgIpc) is 3.45. The van der Waals surface area contributed by atoms with Gasteiger partial charge >= 0.3 is 0 Å². The van der Waals surface area contributed by atoms with Crippen molar-refractivity contribution in [2.75, 3.05) is 29.8 Å². The molecule has 39 heavy (non-hydrogen) atoms. The number of hydrogen-bond donors (Lipinski definition) is 1. The van der Waals surface area contributed by atoms with Crippen LogP contribution >= 0.6 is 0 Å². The van der Waals surface area contributed by atoms with E-state index in [0.29, 0.717) is 36.8 Å². The first-order valence-corrected chi connectivity index (χ1v) is 15.4. The molecule has 0 radical (unpaired) electrons. The van der Waals surface area contributed by atoms with Gasteiger partial charge in [-0.25, -0.2) is 8.42 Å². The quantitative estimate of drug-likeness (QED) is 0.451. The van der Waals surface area contributed by atoms with E-state index in [2.05, 4.69) is 5.32 Å². The largest absolute Gasteiger partial charge is 0.486 e. The molecular weight excluding hydrogens is 518 g/mol. The van der Waals surface area contributed by atoms with Crippen molar-refractivity contribution < 1.29 is 27.5 Å². The molecule has 1 saturated carbocycles. The summed E-state index contributed by atoms with van der Waals surface area (Å²) in [6.45, 7) is 5.91. The Hall–Kier alpha value is -3.27. The molecule has 1 N–H and O–H groups in total. The number of fused-ring (bicyclic) bond motifs is 1. The topological polar surface area (TPSA) is 105 Å². The lowest BCUT2D eigenvalue weighted by molar-refractivity contribution is -0.140. The summed E-state index contributed by atoms with van der Waals surface area (Å²) in [6, 6.07) is 11.9. The van der Waals surface area contributed by atoms with Crippen LogP contribution in [-0.4, -0.2) is 62.7 Å². The van der Waals surface area contributed by atoms with Crippen LogP contribution in [0.4, 0.5) is 5.69 Å². The first-order chi connectivity index (χ1) is 18.7. The van der Waals surface area contributed by atoms with Crippen LogP contribution in [-0.2, 0) is 26.2 Å². The highest BCUT2D eigenvalue weighted by Crippen LogP contribution is 2.35. The molecule has 4 rings (SSSR count). The van der Waals surface area contributed by atoms with Crippen LogP contribution in [0.2, 0.25) is 0 Å². The standard InChI is InChI=1S/C29H39N3O6S/c1-4-25(29(34)30-23-12-8-9-13-23)31(19-22-11-7-6-10-21(22)3)28(33)20-32(39(35,36)5-2)24-14-15-26-27(18-24)38-17-16-37-26/h6-7,10-11,14-15,18,23,25H,4-5,8-9,12-13,16-17,19-20H2,1-3H3,(H,30,34). The fourth-order valence-electron chi connectivity index (χ4n) is 5.16. The van der Waals surface area contributed by atoms with Crippen LogP contribution in [0.15, 0.2) is 42.5 Å². The molecule has 1 unspecified atom stereocenters. The molecule has 2 aliphatic rings. The second-order valence-corrected chi connectivity index (χ2v) is 12.3. The number of nitrogens with zero attached hydrogens (tertiary/aromatic N) is 2. The zero-order valence-corrected chi connectivity index (χ0v) is 23.8. The minimum atomic E-state index is -3.83. The van der Waals surface area contributed by atoms with E-state index in [1.807, 2.05) is 38.1 Å². The molecule has 1 aliphatic carbocycles. The third-order valence-electron chi connectivity index (χ3n) is 7.48. The van der Waals surface area contributed by atoms with Gasteiger partial charge in [0.25, 0.3) is 0 Å². The molecule has 1 aliphatic heterocycles. The predicted octanol–water partition coefficient (Wildman–Crippen LogP) is 3.79. The lowest BCUT2D eigenvalue weighted by Gasteiger charge is -2.34. The van der Waals surface area contributed by atoms with Gasteiger partial charge in [-0.05, 0) is 56.4 Å². The summed E-state index contributed by atoms with van der Waals surface area (Å²) < 4.78 is 38.8. The van der Waals surface area contributed by atoms with Crippen LogP contribution in [0.1, 0.15) is 57.1 Å². The van der Waals surface area contributed by atoms with Crippen LogP contribution in [0.3, 0.4) is 0 Å². The van der Waals surface area contributed by atoms with Gasteiger partial charge in [0.1, 0.15) is 25.8 Å². The Morgan fingerprint density at radius 3 is 2.38 bits per heavy atom. The van der Waals surface area contributed by atoms with Gasteiger partial charge in [0.15, 0.2) is 11.5 Å². The number of nitrogens with one attached hydrogen (secondary N) is 1. The van der Waals surface area contributed by atoms with Gasteiger partial charge in [0.05, 0.1) is 11.4 Å². The van der Waals surface area contributed by atoms with Crippen molar-refractivity contribution in [3.05, 3.63) is 53.6 Å². The molecular formula is C29H39N3O6S. The molecule has 2 aromatic rings. The highest BCUT2D eigenvalue weighted by atomic mass is 32.2. The zero-order chi connectivity index (χ0) is 28.0. The molecule has 1 atom stereocenters. The second kappa shape index (κ2) is 12.7. The molecule has 0 spiro atoms. The molecule has 1 heterocycles. The lowest BCUT2D eigenvalue weighted by Crippen LogP contribution is -2.53. The van der Waals surface area contributed by atoms with E-state index in [9.17, 15) is 18.0 Å². The maximum absolute atomic E-state index is 14.0. The van der Waals surface area contributed by atoms with Gasteiger partial charge in [-0.3, -0.25) is 13.9 Å². The number of benzene rings is 2.